The van der Waals surface area contributed by atoms with Gasteiger partial charge in [0.05, 0.1) is 16.2 Å². The van der Waals surface area contributed by atoms with Crippen molar-refractivity contribution in [1.82, 2.24) is 5.32 Å². The molecule has 0 aromatic heterocycles. The molecule has 1 saturated heterocycles. The minimum absolute atomic E-state index is 0.0413. The number of hydrogen-bond donors (Lipinski definition) is 3. The van der Waals surface area contributed by atoms with Crippen LogP contribution in [0.2, 0.25) is 0 Å². The van der Waals surface area contributed by atoms with Gasteiger partial charge in [-0.15, -0.1) is 0 Å². The summed E-state index contributed by atoms with van der Waals surface area (Å²) in [6, 6.07) is 13.0. The molecule has 3 N–H and O–H groups in total. The number of aromatic carboxylic acids is 1. The molecule has 1 aliphatic rings. The Bertz CT molecular complexity index is 1050. The van der Waals surface area contributed by atoms with Gasteiger partial charge in [0.1, 0.15) is 5.75 Å². The lowest BCUT2D eigenvalue weighted by Crippen LogP contribution is -2.25. The number of hydrogen-bond acceptors (Lipinski definition) is 6. The first-order valence-corrected chi connectivity index (χ1v) is 9.80. The summed E-state index contributed by atoms with van der Waals surface area (Å²) < 4.78 is 5.41. The van der Waals surface area contributed by atoms with Gasteiger partial charge in [-0.2, -0.15) is 0 Å². The first kappa shape index (κ1) is 21.1. The molecule has 154 valence electrons. The molecule has 1 atom stereocenters. The molecule has 0 saturated carbocycles. The van der Waals surface area contributed by atoms with Gasteiger partial charge in [0.15, 0.2) is 11.3 Å². The molecule has 9 heteroatoms. The first-order chi connectivity index (χ1) is 14.4. The molecule has 8 nitrogen and oxygen atoms in total. The summed E-state index contributed by atoms with van der Waals surface area (Å²) in [5.41, 5.74) is 1.01. The smallest absolute Gasteiger partial charge is 0.344 e. The molecule has 3 rings (SSSR count). The molecule has 0 aliphatic carbocycles. The second-order valence-corrected chi connectivity index (χ2v) is 7.26. The molecule has 1 fully saturated rings. The van der Waals surface area contributed by atoms with E-state index in [4.69, 9.17) is 9.84 Å². The molecular formula is C21H18N2O6S. The fourth-order valence-corrected chi connectivity index (χ4v) is 3.44. The molecule has 2 aromatic carbocycles. The number of para-hydroxylation sites is 1. The fourth-order valence-electron chi connectivity index (χ4n) is 2.61. The maximum Gasteiger partial charge on any atom is 0.344 e. The van der Waals surface area contributed by atoms with Gasteiger partial charge in [0.25, 0.3) is 5.91 Å². The van der Waals surface area contributed by atoms with Gasteiger partial charge < -0.3 is 20.3 Å². The Kier molecular flexibility index (Phi) is 6.53. The summed E-state index contributed by atoms with van der Waals surface area (Å²) in [5, 5.41) is 21.2. The molecule has 1 amide bonds. The average Bonchev–Trinajstić information content (AvgIpc) is 3.06. The van der Waals surface area contributed by atoms with E-state index in [1.807, 2.05) is 0 Å². The zero-order valence-corrected chi connectivity index (χ0v) is 16.7. The molecule has 1 heterocycles. The number of carbonyl (C=O) groups excluding carboxylic acids is 1. The predicted molar refractivity (Wildman–Crippen MR) is 113 cm³/mol. The topological polar surface area (TPSA) is 125 Å². The van der Waals surface area contributed by atoms with Crippen molar-refractivity contribution in [1.29, 1.82) is 0 Å². The van der Waals surface area contributed by atoms with Gasteiger partial charge in [-0.05, 0) is 54.1 Å². The molecular weight excluding hydrogens is 408 g/mol. The number of nitrogens with one attached hydrogen (secondary N) is 1. The van der Waals surface area contributed by atoms with Crippen LogP contribution in [0.5, 0.6) is 5.75 Å². The molecule has 0 radical (unpaired) electrons. The highest BCUT2D eigenvalue weighted by Gasteiger charge is 2.24. The van der Waals surface area contributed by atoms with Crippen molar-refractivity contribution in [2.24, 2.45) is 4.99 Å². The number of nitrogens with zero attached hydrogens (tertiary/aromatic N) is 1. The molecule has 0 spiro atoms. The van der Waals surface area contributed by atoms with Gasteiger partial charge in [0.2, 0.25) is 0 Å². The van der Waals surface area contributed by atoms with Crippen LogP contribution in [0.4, 0.5) is 5.69 Å². The Balaban J connectivity index is 1.75. The van der Waals surface area contributed by atoms with E-state index >= 15 is 0 Å². The van der Waals surface area contributed by atoms with Crippen LogP contribution >= 0.6 is 11.8 Å². The first-order valence-electron chi connectivity index (χ1n) is 8.98. The van der Waals surface area contributed by atoms with Gasteiger partial charge in [-0.1, -0.05) is 31.2 Å². The van der Waals surface area contributed by atoms with Crippen molar-refractivity contribution < 1.29 is 29.3 Å². The van der Waals surface area contributed by atoms with Crippen LogP contribution in [-0.4, -0.2) is 39.3 Å². The second kappa shape index (κ2) is 9.27. The number of amidine groups is 1. The predicted octanol–water partition coefficient (Wildman–Crippen LogP) is 3.52. The Labute approximate surface area is 176 Å². The molecule has 1 aliphatic heterocycles. The fraction of sp³-hybridized carbons (Fsp3) is 0.143. The summed E-state index contributed by atoms with van der Waals surface area (Å²) in [5.74, 6) is -2.05. The van der Waals surface area contributed by atoms with Crippen molar-refractivity contribution >= 4 is 46.5 Å². The monoisotopic (exact) mass is 426 g/mol. The molecule has 30 heavy (non-hydrogen) atoms. The highest BCUT2D eigenvalue weighted by atomic mass is 32.2. The number of ether oxygens (including phenoxy) is 1. The van der Waals surface area contributed by atoms with Crippen molar-refractivity contribution in [2.75, 3.05) is 0 Å². The average molecular weight is 426 g/mol. The van der Waals surface area contributed by atoms with E-state index in [2.05, 4.69) is 10.3 Å². The molecule has 0 bridgehead atoms. The lowest BCUT2D eigenvalue weighted by atomic mass is 10.2. The second-order valence-electron chi connectivity index (χ2n) is 6.23. The van der Waals surface area contributed by atoms with E-state index in [1.165, 1.54) is 6.07 Å². The van der Waals surface area contributed by atoms with Gasteiger partial charge >= 0.3 is 11.9 Å². The van der Waals surface area contributed by atoms with Gasteiger partial charge in [-0.3, -0.25) is 4.79 Å². The van der Waals surface area contributed by atoms with Crippen LogP contribution in [0.1, 0.15) is 29.3 Å². The van der Waals surface area contributed by atoms with Gasteiger partial charge in [0, 0.05) is 0 Å². The maximum absolute atomic E-state index is 12.2. The van der Waals surface area contributed by atoms with Crippen LogP contribution in [0.25, 0.3) is 6.08 Å². The SMILES string of the molecule is CCC(Oc1ccc(/C=C2\SC(=Nc3ccccc3C(=O)O)NC2=O)cc1)C(=O)O. The van der Waals surface area contributed by atoms with E-state index < -0.39 is 18.0 Å². The third-order valence-electron chi connectivity index (χ3n) is 4.11. The van der Waals surface area contributed by atoms with Crippen molar-refractivity contribution in [2.45, 2.75) is 19.4 Å². The highest BCUT2D eigenvalue weighted by molar-refractivity contribution is 8.18. The Morgan fingerprint density at radius 3 is 2.50 bits per heavy atom. The van der Waals surface area contributed by atoms with Crippen LogP contribution in [0.15, 0.2) is 58.4 Å². The van der Waals surface area contributed by atoms with E-state index in [1.54, 1.807) is 55.5 Å². The number of carbonyl (C=O) groups is 3. The number of rotatable bonds is 7. The Morgan fingerprint density at radius 1 is 1.17 bits per heavy atom. The van der Waals surface area contributed by atoms with Crippen LogP contribution in [0.3, 0.4) is 0 Å². The van der Waals surface area contributed by atoms with Crippen molar-refractivity contribution in [3.63, 3.8) is 0 Å². The lowest BCUT2D eigenvalue weighted by molar-refractivity contribution is -0.145. The summed E-state index contributed by atoms with van der Waals surface area (Å²) in [6.07, 6.45) is 1.08. The number of aliphatic imine (C=N–C) groups is 1. The number of thioether (sulfide) groups is 1. The number of carboxylic acid groups (broad SMARTS) is 2. The van der Waals surface area contributed by atoms with E-state index in [0.29, 0.717) is 17.1 Å². The molecule has 1 unspecified atom stereocenters. The standard InChI is InChI=1S/C21H18N2O6S/c1-2-16(20(27)28)29-13-9-7-12(8-10-13)11-17-18(24)23-21(30-17)22-15-6-4-3-5-14(15)19(25)26/h3-11,16H,2H2,1H3,(H,25,26)(H,27,28)(H,22,23,24)/b17-11-. The quantitative estimate of drug-likeness (QED) is 0.579. The Hall–Kier alpha value is -3.59. The summed E-state index contributed by atoms with van der Waals surface area (Å²) in [6.45, 7) is 1.72. The minimum atomic E-state index is -1.10. The minimum Gasteiger partial charge on any atom is -0.479 e. The third kappa shape index (κ3) is 5.06. The summed E-state index contributed by atoms with van der Waals surface area (Å²) in [7, 11) is 0. The van der Waals surface area contributed by atoms with E-state index in [-0.39, 0.29) is 22.3 Å². The van der Waals surface area contributed by atoms with E-state index in [0.717, 1.165) is 17.3 Å². The van der Waals surface area contributed by atoms with Crippen LogP contribution in [-0.2, 0) is 9.59 Å². The summed E-state index contributed by atoms with van der Waals surface area (Å²) >= 11 is 1.10. The zero-order chi connectivity index (χ0) is 21.7. The maximum atomic E-state index is 12.2. The van der Waals surface area contributed by atoms with Crippen LogP contribution < -0.4 is 10.1 Å². The van der Waals surface area contributed by atoms with E-state index in [9.17, 15) is 19.5 Å². The number of aliphatic carboxylic acids is 1. The Morgan fingerprint density at radius 2 is 1.87 bits per heavy atom. The number of carboxylic acids is 2. The number of amides is 1. The normalized spacial score (nSPS) is 17.0. The van der Waals surface area contributed by atoms with Crippen LogP contribution in [0, 0.1) is 0 Å². The van der Waals surface area contributed by atoms with Gasteiger partial charge in [-0.25, -0.2) is 14.6 Å². The highest BCUT2D eigenvalue weighted by Crippen LogP contribution is 2.29. The number of benzene rings is 2. The van der Waals surface area contributed by atoms with Crippen molar-refractivity contribution in [3.8, 4) is 5.75 Å². The zero-order valence-electron chi connectivity index (χ0n) is 15.9. The summed E-state index contributed by atoms with van der Waals surface area (Å²) in [4.78, 5) is 39.2. The molecule has 2 aromatic rings. The van der Waals surface area contributed by atoms with Crippen molar-refractivity contribution in [3.05, 3.63) is 64.6 Å². The largest absolute Gasteiger partial charge is 0.479 e. The lowest BCUT2D eigenvalue weighted by Gasteiger charge is -2.13. The third-order valence-corrected chi connectivity index (χ3v) is 5.02.